The Morgan fingerprint density at radius 3 is 2.43 bits per heavy atom. The van der Waals surface area contributed by atoms with Crippen LogP contribution in [0.3, 0.4) is 0 Å². The van der Waals surface area contributed by atoms with Crippen LogP contribution in [0.5, 0.6) is 0 Å². The molecule has 0 N–H and O–H groups in total. The second kappa shape index (κ2) is 3.38. The number of ether oxygens (including phenoxy) is 1. The molecule has 1 saturated heterocycles. The lowest BCUT2D eigenvalue weighted by Crippen LogP contribution is -2.48. The van der Waals surface area contributed by atoms with Crippen molar-refractivity contribution in [3.63, 3.8) is 0 Å². The maximum atomic E-state index is 11.4. The average molecular weight is 239 g/mol. The van der Waals surface area contributed by atoms with Gasteiger partial charge in [0.25, 0.3) is 0 Å². The summed E-state index contributed by atoms with van der Waals surface area (Å²) in [5, 5.41) is 0. The molecule has 1 aliphatic heterocycles. The van der Waals surface area contributed by atoms with E-state index in [2.05, 4.69) is 0 Å². The third-order valence-corrected chi connectivity index (χ3v) is 3.45. The fraction of sp³-hybridized carbons (Fsp3) is 0.778. The van der Waals surface area contributed by atoms with E-state index in [9.17, 15) is 9.59 Å². The maximum Gasteiger partial charge on any atom is 0.335 e. The lowest BCUT2D eigenvalue weighted by Gasteiger charge is -2.30. The first-order valence-electron chi connectivity index (χ1n) is 4.26. The second-order valence-electron chi connectivity index (χ2n) is 3.98. The van der Waals surface area contributed by atoms with E-state index in [0.717, 1.165) is 0 Å². The summed E-state index contributed by atoms with van der Waals surface area (Å²) in [5.41, 5.74) is 0. The molecule has 0 aromatic rings. The topological polar surface area (TPSA) is 43.4 Å². The van der Waals surface area contributed by atoms with Gasteiger partial charge in [-0.25, -0.2) is 4.79 Å². The SMILES string of the molecule is CC(=O)[C@]1(Cl)C(=O)OC[C@H]1C(C)(C)Cl. The normalized spacial score (nSPS) is 32.9. The van der Waals surface area contributed by atoms with Crippen molar-refractivity contribution in [3.8, 4) is 0 Å². The van der Waals surface area contributed by atoms with Crippen molar-refractivity contribution in [2.45, 2.75) is 30.5 Å². The highest BCUT2D eigenvalue weighted by Gasteiger charge is 2.59. The largest absolute Gasteiger partial charge is 0.464 e. The fourth-order valence-corrected chi connectivity index (χ4v) is 2.25. The number of ketones is 1. The third kappa shape index (κ3) is 1.63. The van der Waals surface area contributed by atoms with Crippen molar-refractivity contribution >= 4 is 35.0 Å². The number of alkyl halides is 2. The summed E-state index contributed by atoms with van der Waals surface area (Å²) in [5.74, 6) is -1.60. The van der Waals surface area contributed by atoms with Crippen LogP contribution in [0.15, 0.2) is 0 Å². The van der Waals surface area contributed by atoms with E-state index in [1.807, 2.05) is 0 Å². The molecule has 0 aromatic heterocycles. The number of rotatable bonds is 2. The predicted molar refractivity (Wildman–Crippen MR) is 53.6 cm³/mol. The molecular weight excluding hydrogens is 227 g/mol. The molecule has 0 aromatic carbocycles. The Hall–Kier alpha value is -0.280. The van der Waals surface area contributed by atoms with Gasteiger partial charge in [0.15, 0.2) is 5.78 Å². The first-order valence-corrected chi connectivity index (χ1v) is 5.02. The van der Waals surface area contributed by atoms with Gasteiger partial charge in [-0.15, -0.1) is 11.6 Å². The monoisotopic (exact) mass is 238 g/mol. The molecule has 80 valence electrons. The minimum Gasteiger partial charge on any atom is -0.464 e. The summed E-state index contributed by atoms with van der Waals surface area (Å²) < 4.78 is 4.79. The van der Waals surface area contributed by atoms with Gasteiger partial charge in [0.2, 0.25) is 4.87 Å². The molecule has 1 heterocycles. The maximum absolute atomic E-state index is 11.4. The highest BCUT2D eigenvalue weighted by Crippen LogP contribution is 2.43. The molecule has 0 bridgehead atoms. The van der Waals surface area contributed by atoms with Gasteiger partial charge in [0.1, 0.15) is 0 Å². The Balaban J connectivity index is 3.11. The molecule has 3 nitrogen and oxygen atoms in total. The summed E-state index contributed by atoms with van der Waals surface area (Å²) in [7, 11) is 0. The zero-order valence-electron chi connectivity index (χ0n) is 8.27. The number of carbonyl (C=O) groups excluding carboxylic acids is 2. The van der Waals surface area contributed by atoms with Crippen molar-refractivity contribution < 1.29 is 14.3 Å². The van der Waals surface area contributed by atoms with E-state index in [4.69, 9.17) is 27.9 Å². The Kier molecular flexibility index (Phi) is 2.85. The van der Waals surface area contributed by atoms with E-state index >= 15 is 0 Å². The number of cyclic esters (lactones) is 1. The Morgan fingerprint density at radius 1 is 1.64 bits per heavy atom. The average Bonchev–Trinajstić information content (AvgIpc) is 2.28. The van der Waals surface area contributed by atoms with Gasteiger partial charge in [0, 0.05) is 10.8 Å². The Morgan fingerprint density at radius 2 is 2.14 bits per heavy atom. The van der Waals surface area contributed by atoms with Crippen molar-refractivity contribution in [2.24, 2.45) is 5.92 Å². The third-order valence-electron chi connectivity index (χ3n) is 2.50. The zero-order chi connectivity index (χ0) is 11.1. The lowest BCUT2D eigenvalue weighted by atomic mass is 9.82. The fourth-order valence-electron chi connectivity index (χ4n) is 1.58. The summed E-state index contributed by atoms with van der Waals surface area (Å²) in [6.07, 6.45) is 0. The molecule has 5 heteroatoms. The summed E-state index contributed by atoms with van der Waals surface area (Å²) in [6, 6.07) is 0. The van der Waals surface area contributed by atoms with Crippen molar-refractivity contribution in [2.75, 3.05) is 6.61 Å². The lowest BCUT2D eigenvalue weighted by molar-refractivity contribution is -0.142. The van der Waals surface area contributed by atoms with Gasteiger partial charge in [-0.2, -0.15) is 0 Å². The van der Waals surface area contributed by atoms with E-state index in [0.29, 0.717) is 0 Å². The van der Waals surface area contributed by atoms with Crippen LogP contribution in [-0.4, -0.2) is 28.1 Å². The number of carbonyl (C=O) groups is 2. The molecular formula is C9H12Cl2O3. The van der Waals surface area contributed by atoms with Crippen LogP contribution in [0, 0.1) is 5.92 Å². The highest BCUT2D eigenvalue weighted by atomic mass is 35.5. The first kappa shape index (κ1) is 11.8. The molecule has 1 fully saturated rings. The molecule has 0 unspecified atom stereocenters. The van der Waals surface area contributed by atoms with Gasteiger partial charge < -0.3 is 4.74 Å². The van der Waals surface area contributed by atoms with Crippen LogP contribution in [0.25, 0.3) is 0 Å². The molecule has 0 spiro atoms. The van der Waals surface area contributed by atoms with E-state index < -0.39 is 27.4 Å². The van der Waals surface area contributed by atoms with Crippen LogP contribution in [0.2, 0.25) is 0 Å². The molecule has 0 amide bonds. The first-order chi connectivity index (χ1) is 6.20. The minimum absolute atomic E-state index is 0.0956. The molecule has 0 saturated carbocycles. The number of hydrogen-bond donors (Lipinski definition) is 0. The molecule has 1 rings (SSSR count). The van der Waals surface area contributed by atoms with Crippen LogP contribution < -0.4 is 0 Å². The molecule has 2 atom stereocenters. The molecule has 1 aliphatic rings. The van der Waals surface area contributed by atoms with Crippen molar-refractivity contribution in [1.82, 2.24) is 0 Å². The van der Waals surface area contributed by atoms with Crippen LogP contribution >= 0.6 is 23.2 Å². The van der Waals surface area contributed by atoms with E-state index in [-0.39, 0.29) is 6.61 Å². The number of hydrogen-bond acceptors (Lipinski definition) is 3. The summed E-state index contributed by atoms with van der Waals surface area (Å²) >= 11 is 12.1. The number of esters is 1. The van der Waals surface area contributed by atoms with Crippen LogP contribution in [0.1, 0.15) is 20.8 Å². The van der Waals surface area contributed by atoms with Gasteiger partial charge in [-0.05, 0) is 20.8 Å². The second-order valence-corrected chi connectivity index (χ2v) is 5.55. The Labute approximate surface area is 92.7 Å². The predicted octanol–water partition coefficient (Wildman–Crippen LogP) is 1.74. The van der Waals surface area contributed by atoms with Gasteiger partial charge in [0.05, 0.1) is 6.61 Å². The molecule has 14 heavy (non-hydrogen) atoms. The summed E-state index contributed by atoms with van der Waals surface area (Å²) in [6.45, 7) is 4.79. The van der Waals surface area contributed by atoms with Crippen LogP contribution in [0.4, 0.5) is 0 Å². The molecule has 0 radical (unpaired) electrons. The van der Waals surface area contributed by atoms with Gasteiger partial charge in [-0.3, -0.25) is 4.79 Å². The zero-order valence-corrected chi connectivity index (χ0v) is 9.78. The van der Waals surface area contributed by atoms with Gasteiger partial charge in [-0.1, -0.05) is 11.6 Å². The van der Waals surface area contributed by atoms with Crippen molar-refractivity contribution in [1.29, 1.82) is 0 Å². The Bertz CT molecular complexity index is 282. The molecule has 0 aliphatic carbocycles. The standard InChI is InChI=1S/C9H12Cl2O3/c1-5(12)9(11)6(8(2,3)10)4-14-7(9)13/h6H,4H2,1-3H3/t6-,9+/m0/s1. The smallest absolute Gasteiger partial charge is 0.335 e. The van der Waals surface area contributed by atoms with Gasteiger partial charge >= 0.3 is 5.97 Å². The minimum atomic E-state index is -1.61. The quantitative estimate of drug-likeness (QED) is 0.419. The van der Waals surface area contributed by atoms with E-state index in [1.54, 1.807) is 13.8 Å². The number of Topliss-reactive ketones (excluding diaryl/α,β-unsaturated/α-hetero) is 1. The summed E-state index contributed by atoms with van der Waals surface area (Å²) in [4.78, 5) is 20.3. The van der Waals surface area contributed by atoms with E-state index in [1.165, 1.54) is 6.92 Å². The van der Waals surface area contributed by atoms with Crippen molar-refractivity contribution in [3.05, 3.63) is 0 Å². The number of halogens is 2. The highest BCUT2D eigenvalue weighted by molar-refractivity contribution is 6.47. The van der Waals surface area contributed by atoms with Crippen LogP contribution in [-0.2, 0) is 14.3 Å².